The molecule has 1 atom stereocenters. The van der Waals surface area contributed by atoms with E-state index in [0.717, 1.165) is 12.8 Å². The first kappa shape index (κ1) is 16.3. The molecule has 112 valence electrons. The second kappa shape index (κ2) is 8.40. The Balaban J connectivity index is 2.80. The molecule has 0 bridgehead atoms. The molecule has 5 heteroatoms. The van der Waals surface area contributed by atoms with E-state index in [-0.39, 0.29) is 5.75 Å². The van der Waals surface area contributed by atoms with Gasteiger partial charge in [-0.1, -0.05) is 13.3 Å². The largest absolute Gasteiger partial charge is 0.494 e. The monoisotopic (exact) mass is 284 g/mol. The van der Waals surface area contributed by atoms with Crippen LogP contribution in [0, 0.1) is 5.82 Å². The van der Waals surface area contributed by atoms with Gasteiger partial charge >= 0.3 is 5.97 Å². The number of hydrogen-bond acceptors (Lipinski definition) is 4. The van der Waals surface area contributed by atoms with Gasteiger partial charge in [0.25, 0.3) is 0 Å². The van der Waals surface area contributed by atoms with Crippen molar-refractivity contribution in [1.82, 2.24) is 0 Å². The number of halogens is 1. The molecule has 0 amide bonds. The highest BCUT2D eigenvalue weighted by Gasteiger charge is 2.21. The van der Waals surface area contributed by atoms with Crippen LogP contribution in [0.5, 0.6) is 11.5 Å². The van der Waals surface area contributed by atoms with Gasteiger partial charge in [0.2, 0.25) is 0 Å². The van der Waals surface area contributed by atoms with Crippen molar-refractivity contribution in [1.29, 1.82) is 0 Å². The van der Waals surface area contributed by atoms with Gasteiger partial charge in [-0.3, -0.25) is 0 Å². The Bertz CT molecular complexity index is 434. The lowest BCUT2D eigenvalue weighted by atomic mass is 10.1. The van der Waals surface area contributed by atoms with Crippen LogP contribution in [-0.4, -0.2) is 25.8 Å². The van der Waals surface area contributed by atoms with Crippen molar-refractivity contribution in [2.45, 2.75) is 39.2 Å². The molecule has 20 heavy (non-hydrogen) atoms. The maximum atomic E-state index is 13.3. The zero-order valence-corrected chi connectivity index (χ0v) is 12.1. The Morgan fingerprint density at radius 1 is 1.35 bits per heavy atom. The molecule has 1 rings (SSSR count). The zero-order valence-electron chi connectivity index (χ0n) is 12.1. The summed E-state index contributed by atoms with van der Waals surface area (Å²) in [7, 11) is 1.38. The topological polar surface area (TPSA) is 44.8 Å². The number of esters is 1. The average Bonchev–Trinajstić information content (AvgIpc) is 2.45. The first-order chi connectivity index (χ1) is 9.62. The van der Waals surface area contributed by atoms with E-state index in [1.165, 1.54) is 25.3 Å². The lowest BCUT2D eigenvalue weighted by Crippen LogP contribution is -2.29. The van der Waals surface area contributed by atoms with Gasteiger partial charge in [0.15, 0.2) is 17.7 Å². The molecule has 0 saturated carbocycles. The summed E-state index contributed by atoms with van der Waals surface area (Å²) in [6.07, 6.45) is 1.69. The SMILES string of the molecule is CCCCC(Oc1ccc(F)c(OC)c1)C(=O)OCC. The van der Waals surface area contributed by atoms with E-state index in [0.29, 0.717) is 18.8 Å². The molecule has 0 N–H and O–H groups in total. The third-order valence-corrected chi connectivity index (χ3v) is 2.77. The van der Waals surface area contributed by atoms with Gasteiger partial charge in [0.05, 0.1) is 13.7 Å². The third-order valence-electron chi connectivity index (χ3n) is 2.77. The Hall–Kier alpha value is -1.78. The average molecular weight is 284 g/mol. The number of hydrogen-bond donors (Lipinski definition) is 0. The van der Waals surface area contributed by atoms with E-state index in [2.05, 4.69) is 0 Å². The van der Waals surface area contributed by atoms with Crippen LogP contribution in [-0.2, 0) is 9.53 Å². The number of carbonyl (C=O) groups excluding carboxylic acids is 1. The maximum Gasteiger partial charge on any atom is 0.347 e. The fourth-order valence-corrected chi connectivity index (χ4v) is 1.73. The van der Waals surface area contributed by atoms with Crippen molar-refractivity contribution in [3.05, 3.63) is 24.0 Å². The minimum Gasteiger partial charge on any atom is -0.494 e. The van der Waals surface area contributed by atoms with E-state index in [1.807, 2.05) is 6.92 Å². The van der Waals surface area contributed by atoms with Crippen molar-refractivity contribution in [2.24, 2.45) is 0 Å². The number of ether oxygens (including phenoxy) is 3. The van der Waals surface area contributed by atoms with Gasteiger partial charge in [-0.2, -0.15) is 0 Å². The highest BCUT2D eigenvalue weighted by Crippen LogP contribution is 2.24. The highest BCUT2D eigenvalue weighted by molar-refractivity contribution is 5.75. The molecule has 1 aromatic carbocycles. The van der Waals surface area contributed by atoms with Crippen molar-refractivity contribution in [2.75, 3.05) is 13.7 Å². The van der Waals surface area contributed by atoms with Gasteiger partial charge in [-0.15, -0.1) is 0 Å². The summed E-state index contributed by atoms with van der Waals surface area (Å²) in [6.45, 7) is 4.08. The third kappa shape index (κ3) is 4.72. The molecule has 0 aliphatic rings. The van der Waals surface area contributed by atoms with Gasteiger partial charge in [-0.05, 0) is 31.9 Å². The van der Waals surface area contributed by atoms with Crippen LogP contribution in [0.2, 0.25) is 0 Å². The van der Waals surface area contributed by atoms with Crippen LogP contribution in [0.3, 0.4) is 0 Å². The fraction of sp³-hybridized carbons (Fsp3) is 0.533. The minimum atomic E-state index is -0.676. The second-order valence-corrected chi connectivity index (χ2v) is 4.30. The van der Waals surface area contributed by atoms with Crippen LogP contribution in [0.15, 0.2) is 18.2 Å². The van der Waals surface area contributed by atoms with Gasteiger partial charge in [-0.25, -0.2) is 9.18 Å². The second-order valence-electron chi connectivity index (χ2n) is 4.30. The Morgan fingerprint density at radius 3 is 2.70 bits per heavy atom. The molecule has 0 fully saturated rings. The minimum absolute atomic E-state index is 0.0839. The summed E-state index contributed by atoms with van der Waals surface area (Å²) in [5.41, 5.74) is 0. The quantitative estimate of drug-likeness (QED) is 0.687. The van der Waals surface area contributed by atoms with Crippen molar-refractivity contribution in [3.63, 3.8) is 0 Å². The smallest absolute Gasteiger partial charge is 0.347 e. The molecule has 0 heterocycles. The molecule has 0 saturated heterocycles. The molecule has 0 radical (unpaired) electrons. The van der Waals surface area contributed by atoms with E-state index in [1.54, 1.807) is 6.92 Å². The molecule has 0 spiro atoms. The normalized spacial score (nSPS) is 11.8. The molecule has 0 aliphatic carbocycles. The lowest BCUT2D eigenvalue weighted by Gasteiger charge is -2.18. The van der Waals surface area contributed by atoms with Crippen molar-refractivity contribution >= 4 is 5.97 Å². The van der Waals surface area contributed by atoms with Crippen molar-refractivity contribution < 1.29 is 23.4 Å². The first-order valence-corrected chi connectivity index (χ1v) is 6.79. The summed E-state index contributed by atoms with van der Waals surface area (Å²) >= 11 is 0. The molecule has 0 aliphatic heterocycles. The molecule has 0 aromatic heterocycles. The Labute approximate surface area is 118 Å². The van der Waals surface area contributed by atoms with E-state index in [9.17, 15) is 9.18 Å². The highest BCUT2D eigenvalue weighted by atomic mass is 19.1. The lowest BCUT2D eigenvalue weighted by molar-refractivity contribution is -0.151. The van der Waals surface area contributed by atoms with E-state index < -0.39 is 17.9 Å². The van der Waals surface area contributed by atoms with Gasteiger partial charge in [0.1, 0.15) is 5.75 Å². The van der Waals surface area contributed by atoms with Crippen LogP contribution in [0.4, 0.5) is 4.39 Å². The van der Waals surface area contributed by atoms with Gasteiger partial charge < -0.3 is 14.2 Å². The first-order valence-electron chi connectivity index (χ1n) is 6.79. The number of methoxy groups -OCH3 is 1. The fourth-order valence-electron chi connectivity index (χ4n) is 1.73. The summed E-state index contributed by atoms with van der Waals surface area (Å²) < 4.78 is 28.8. The van der Waals surface area contributed by atoms with Gasteiger partial charge in [0, 0.05) is 6.07 Å². The maximum absolute atomic E-state index is 13.3. The number of carbonyl (C=O) groups is 1. The van der Waals surface area contributed by atoms with Crippen LogP contribution in [0.25, 0.3) is 0 Å². The number of rotatable bonds is 8. The standard InChI is InChI=1S/C15H21FO4/c1-4-6-7-13(15(17)19-5-2)20-11-8-9-12(16)14(10-11)18-3/h8-10,13H,4-7H2,1-3H3. The number of benzene rings is 1. The number of unbranched alkanes of at least 4 members (excludes halogenated alkanes) is 1. The summed E-state index contributed by atoms with van der Waals surface area (Å²) in [6, 6.07) is 4.14. The predicted octanol–water partition coefficient (Wildman–Crippen LogP) is 3.34. The zero-order chi connectivity index (χ0) is 15.0. The van der Waals surface area contributed by atoms with E-state index in [4.69, 9.17) is 14.2 Å². The predicted molar refractivity (Wildman–Crippen MR) is 73.5 cm³/mol. The molecule has 4 nitrogen and oxygen atoms in total. The van der Waals surface area contributed by atoms with Crippen LogP contribution < -0.4 is 9.47 Å². The summed E-state index contributed by atoms with van der Waals surface area (Å²) in [5, 5.41) is 0. The molecule has 1 unspecified atom stereocenters. The Morgan fingerprint density at radius 2 is 2.10 bits per heavy atom. The Kier molecular flexibility index (Phi) is 6.84. The summed E-state index contributed by atoms with van der Waals surface area (Å²) in [4.78, 5) is 11.8. The van der Waals surface area contributed by atoms with Crippen LogP contribution in [0.1, 0.15) is 33.1 Å². The van der Waals surface area contributed by atoms with E-state index >= 15 is 0 Å². The molecular formula is C15H21FO4. The van der Waals surface area contributed by atoms with Crippen LogP contribution >= 0.6 is 0 Å². The van der Waals surface area contributed by atoms with Crippen molar-refractivity contribution in [3.8, 4) is 11.5 Å². The molecular weight excluding hydrogens is 263 g/mol. The molecule has 1 aromatic rings. The summed E-state index contributed by atoms with van der Waals surface area (Å²) in [5.74, 6) is -0.400.